The topological polar surface area (TPSA) is 24.1 Å². The molecule has 1 aliphatic heterocycles. The van der Waals surface area contributed by atoms with E-state index in [2.05, 4.69) is 35.1 Å². The van der Waals surface area contributed by atoms with Crippen molar-refractivity contribution in [1.82, 2.24) is 10.6 Å². The number of hydrogen-bond donors (Lipinski definition) is 2. The largest absolute Gasteiger partial charge is 0.316 e. The number of hydrogen-bond acceptors (Lipinski definition) is 3. The zero-order valence-corrected chi connectivity index (χ0v) is 11.6. The van der Waals surface area contributed by atoms with Crippen LogP contribution in [-0.2, 0) is 6.54 Å². The Morgan fingerprint density at radius 1 is 1.53 bits per heavy atom. The van der Waals surface area contributed by atoms with Crippen LogP contribution in [0.2, 0.25) is 0 Å². The van der Waals surface area contributed by atoms with Gasteiger partial charge in [0.1, 0.15) is 0 Å². The first-order valence-corrected chi connectivity index (χ1v) is 7.66. The minimum absolute atomic E-state index is 0.504. The van der Waals surface area contributed by atoms with Crippen molar-refractivity contribution in [2.75, 3.05) is 19.6 Å². The average molecular weight is 252 g/mol. The zero-order valence-electron chi connectivity index (χ0n) is 10.8. The first-order chi connectivity index (χ1) is 8.35. The van der Waals surface area contributed by atoms with Crippen LogP contribution in [0.15, 0.2) is 17.5 Å². The van der Waals surface area contributed by atoms with Crippen LogP contribution in [-0.4, -0.2) is 19.6 Å². The van der Waals surface area contributed by atoms with E-state index in [4.69, 9.17) is 0 Å². The number of nitrogens with one attached hydrogen (secondary N) is 2. The summed E-state index contributed by atoms with van der Waals surface area (Å²) in [6.45, 7) is 6.89. The van der Waals surface area contributed by atoms with Crippen molar-refractivity contribution in [1.29, 1.82) is 0 Å². The molecule has 0 saturated carbocycles. The van der Waals surface area contributed by atoms with Crippen molar-refractivity contribution in [3.8, 4) is 0 Å². The van der Waals surface area contributed by atoms with Gasteiger partial charge in [0.25, 0.3) is 0 Å². The summed E-state index contributed by atoms with van der Waals surface area (Å²) in [6.07, 6.45) is 5.35. The Balaban J connectivity index is 1.80. The third-order valence-corrected chi connectivity index (χ3v) is 4.60. The van der Waals surface area contributed by atoms with E-state index in [1.165, 1.54) is 43.6 Å². The first kappa shape index (κ1) is 13.1. The van der Waals surface area contributed by atoms with Gasteiger partial charge in [-0.1, -0.05) is 19.4 Å². The molecular formula is C14H24N2S. The van der Waals surface area contributed by atoms with Gasteiger partial charge >= 0.3 is 0 Å². The summed E-state index contributed by atoms with van der Waals surface area (Å²) in [7, 11) is 0. The van der Waals surface area contributed by atoms with Gasteiger partial charge in [-0.05, 0) is 42.7 Å². The molecule has 1 atom stereocenters. The Kier molecular flexibility index (Phi) is 5.01. The highest BCUT2D eigenvalue weighted by molar-refractivity contribution is 7.09. The third-order valence-electron chi connectivity index (χ3n) is 3.72. The number of rotatable bonds is 6. The van der Waals surface area contributed by atoms with Crippen LogP contribution in [0.25, 0.3) is 0 Å². The van der Waals surface area contributed by atoms with E-state index in [1.807, 2.05) is 11.3 Å². The van der Waals surface area contributed by atoms with Gasteiger partial charge in [0.15, 0.2) is 0 Å². The first-order valence-electron chi connectivity index (χ1n) is 6.78. The van der Waals surface area contributed by atoms with E-state index in [1.54, 1.807) is 0 Å². The van der Waals surface area contributed by atoms with Gasteiger partial charge in [-0.25, -0.2) is 0 Å². The summed E-state index contributed by atoms with van der Waals surface area (Å²) in [4.78, 5) is 1.44. The lowest BCUT2D eigenvalue weighted by Crippen LogP contribution is -2.46. The van der Waals surface area contributed by atoms with E-state index in [9.17, 15) is 0 Å². The van der Waals surface area contributed by atoms with Crippen LogP contribution in [0, 0.1) is 5.41 Å². The van der Waals surface area contributed by atoms with E-state index < -0.39 is 0 Å². The highest BCUT2D eigenvalue weighted by Gasteiger charge is 2.30. The fourth-order valence-corrected chi connectivity index (χ4v) is 3.55. The van der Waals surface area contributed by atoms with Gasteiger partial charge in [0, 0.05) is 24.5 Å². The summed E-state index contributed by atoms with van der Waals surface area (Å²) in [5, 5.41) is 9.37. The highest BCUT2D eigenvalue weighted by atomic mass is 32.1. The van der Waals surface area contributed by atoms with Crippen LogP contribution < -0.4 is 10.6 Å². The Bertz CT molecular complexity index is 297. The predicted molar refractivity (Wildman–Crippen MR) is 75.5 cm³/mol. The monoisotopic (exact) mass is 252 g/mol. The second-order valence-corrected chi connectivity index (χ2v) is 6.25. The molecule has 96 valence electrons. The maximum atomic E-state index is 3.65. The van der Waals surface area contributed by atoms with Gasteiger partial charge in [0.2, 0.25) is 0 Å². The van der Waals surface area contributed by atoms with Crippen LogP contribution in [0.3, 0.4) is 0 Å². The quantitative estimate of drug-likeness (QED) is 0.813. The lowest BCUT2D eigenvalue weighted by molar-refractivity contribution is 0.182. The molecule has 0 amide bonds. The molecule has 17 heavy (non-hydrogen) atoms. The Morgan fingerprint density at radius 3 is 3.12 bits per heavy atom. The Morgan fingerprint density at radius 2 is 2.47 bits per heavy atom. The smallest absolute Gasteiger partial charge is 0.0299 e. The molecule has 2 heterocycles. The fourth-order valence-electron chi connectivity index (χ4n) is 2.88. The zero-order chi connectivity index (χ0) is 12.0. The summed E-state index contributed by atoms with van der Waals surface area (Å²) in [6, 6.07) is 4.34. The minimum Gasteiger partial charge on any atom is -0.316 e. The molecule has 1 aromatic rings. The molecule has 1 saturated heterocycles. The minimum atomic E-state index is 0.504. The van der Waals surface area contributed by atoms with Crippen LogP contribution in [0.5, 0.6) is 0 Å². The van der Waals surface area contributed by atoms with Gasteiger partial charge in [0.05, 0.1) is 0 Å². The highest BCUT2D eigenvalue weighted by Crippen LogP contribution is 2.30. The lowest BCUT2D eigenvalue weighted by atomic mass is 9.77. The molecule has 0 radical (unpaired) electrons. The van der Waals surface area contributed by atoms with E-state index in [-0.39, 0.29) is 0 Å². The summed E-state index contributed by atoms with van der Waals surface area (Å²) < 4.78 is 0. The van der Waals surface area contributed by atoms with Crippen molar-refractivity contribution in [3.05, 3.63) is 22.4 Å². The maximum absolute atomic E-state index is 3.65. The molecule has 2 rings (SSSR count). The molecule has 2 nitrogen and oxygen atoms in total. The van der Waals surface area contributed by atoms with Crippen molar-refractivity contribution in [3.63, 3.8) is 0 Å². The van der Waals surface area contributed by atoms with Crippen molar-refractivity contribution in [2.45, 2.75) is 39.2 Å². The molecule has 0 aliphatic carbocycles. The standard InChI is InChI=1S/C14H24N2S/c1-2-6-14(7-4-8-15-11-14)12-16-10-13-5-3-9-17-13/h3,5,9,15-16H,2,4,6-8,10-12H2,1H3. The van der Waals surface area contributed by atoms with Gasteiger partial charge < -0.3 is 10.6 Å². The van der Waals surface area contributed by atoms with E-state index >= 15 is 0 Å². The third kappa shape index (κ3) is 3.80. The average Bonchev–Trinajstić information content (AvgIpc) is 2.84. The normalized spacial score (nSPS) is 25.0. The number of thiophene rings is 1. The van der Waals surface area contributed by atoms with Crippen LogP contribution in [0.1, 0.15) is 37.5 Å². The second-order valence-electron chi connectivity index (χ2n) is 5.21. The molecule has 1 fully saturated rings. The molecule has 0 aromatic carbocycles. The van der Waals surface area contributed by atoms with Crippen molar-refractivity contribution >= 4 is 11.3 Å². The number of piperidine rings is 1. The van der Waals surface area contributed by atoms with Gasteiger partial charge in [-0.3, -0.25) is 0 Å². The lowest BCUT2D eigenvalue weighted by Gasteiger charge is -2.38. The molecule has 2 N–H and O–H groups in total. The van der Waals surface area contributed by atoms with Crippen LogP contribution >= 0.6 is 11.3 Å². The SMILES string of the molecule is CCCC1(CNCc2cccs2)CCCNC1. The maximum Gasteiger partial charge on any atom is 0.0299 e. The van der Waals surface area contributed by atoms with Crippen molar-refractivity contribution in [2.24, 2.45) is 5.41 Å². The Labute approximate surface area is 109 Å². The molecule has 3 heteroatoms. The predicted octanol–water partition coefficient (Wildman–Crippen LogP) is 3.01. The molecule has 1 unspecified atom stereocenters. The summed E-state index contributed by atoms with van der Waals surface area (Å²) in [5.41, 5.74) is 0.504. The summed E-state index contributed by atoms with van der Waals surface area (Å²) in [5.74, 6) is 0. The fraction of sp³-hybridized carbons (Fsp3) is 0.714. The van der Waals surface area contributed by atoms with E-state index in [0.717, 1.165) is 13.1 Å². The molecule has 0 spiro atoms. The molecule has 0 bridgehead atoms. The summed E-state index contributed by atoms with van der Waals surface area (Å²) >= 11 is 1.84. The molecule has 1 aromatic heterocycles. The molecular weight excluding hydrogens is 228 g/mol. The van der Waals surface area contributed by atoms with Gasteiger partial charge in [-0.2, -0.15) is 0 Å². The second kappa shape index (κ2) is 6.53. The molecule has 1 aliphatic rings. The Hall–Kier alpha value is -0.380. The van der Waals surface area contributed by atoms with Crippen LogP contribution in [0.4, 0.5) is 0 Å². The van der Waals surface area contributed by atoms with Crippen molar-refractivity contribution < 1.29 is 0 Å². The van der Waals surface area contributed by atoms with E-state index in [0.29, 0.717) is 5.41 Å². The van der Waals surface area contributed by atoms with Gasteiger partial charge in [-0.15, -0.1) is 11.3 Å².